The van der Waals surface area contributed by atoms with Crippen LogP contribution in [0.4, 0.5) is 0 Å². The van der Waals surface area contributed by atoms with Gasteiger partial charge in [0.1, 0.15) is 0 Å². The molecule has 0 unspecified atom stereocenters. The van der Waals surface area contributed by atoms with Gasteiger partial charge in [0, 0.05) is 23.9 Å². The Balaban J connectivity index is 0.00000112. The normalized spacial score (nSPS) is 26.4. The molecule has 0 aromatic heterocycles. The van der Waals surface area contributed by atoms with E-state index in [9.17, 15) is 0 Å². The molecular weight excluding hydrogens is 287 g/mol. The third-order valence-electron chi connectivity index (χ3n) is 4.47. The fourth-order valence-corrected chi connectivity index (χ4v) is 3.56. The number of hydrogen-bond donors (Lipinski definition) is 0. The Morgan fingerprint density at radius 3 is 0.933 bits per heavy atom. The van der Waals surface area contributed by atoms with Gasteiger partial charge in [0.2, 0.25) is 0 Å². The quantitative estimate of drug-likeness (QED) is 0.492. The van der Waals surface area contributed by atoms with Crippen molar-refractivity contribution in [3.63, 3.8) is 0 Å². The zero-order valence-corrected chi connectivity index (χ0v) is 13.0. The molecule has 0 amide bonds. The van der Waals surface area contributed by atoms with E-state index < -0.39 is 0 Å². The van der Waals surface area contributed by atoms with E-state index in [1.54, 1.807) is 25.7 Å². The molecule has 1 heteroatoms. The molecule has 2 saturated carbocycles. The van der Waals surface area contributed by atoms with Crippen LogP contribution in [0.25, 0.3) is 0 Å². The molecule has 0 atom stereocenters. The minimum absolute atomic E-state index is 0. The monoisotopic (exact) mass is 314 g/mol. The van der Waals surface area contributed by atoms with Crippen LogP contribution in [0, 0.1) is 11.8 Å². The Labute approximate surface area is 113 Å². The van der Waals surface area contributed by atoms with Crippen LogP contribution in [0.5, 0.6) is 0 Å². The van der Waals surface area contributed by atoms with E-state index in [0.29, 0.717) is 0 Å². The molecule has 0 aliphatic heterocycles. The van der Waals surface area contributed by atoms with Crippen molar-refractivity contribution in [2.75, 3.05) is 0 Å². The molecule has 2 aliphatic carbocycles. The van der Waals surface area contributed by atoms with E-state index in [1.165, 1.54) is 51.4 Å². The maximum Gasteiger partial charge on any atom is 0 e. The van der Waals surface area contributed by atoms with Gasteiger partial charge in [-0.2, -0.15) is 0 Å². The van der Waals surface area contributed by atoms with Gasteiger partial charge < -0.3 is 0 Å². The van der Waals surface area contributed by atoms with Gasteiger partial charge in [-0.25, -0.2) is 0 Å². The first kappa shape index (κ1) is 13.9. The molecule has 0 aromatic carbocycles. The molecule has 0 bridgehead atoms. The molecule has 2 fully saturated rings. The summed E-state index contributed by atoms with van der Waals surface area (Å²) in [4.78, 5) is 0. The van der Waals surface area contributed by atoms with Gasteiger partial charge in [0.25, 0.3) is 0 Å². The van der Waals surface area contributed by atoms with Crippen molar-refractivity contribution in [2.24, 2.45) is 11.8 Å². The summed E-state index contributed by atoms with van der Waals surface area (Å²) in [6.45, 7) is 0. The van der Waals surface area contributed by atoms with E-state index >= 15 is 0 Å². The van der Waals surface area contributed by atoms with Crippen molar-refractivity contribution in [3.05, 3.63) is 0 Å². The standard InChI is InChI=1S/C14H26.Sn/c1-2-6-10-13(9-5-1)14-11-7-3-4-8-12-14;/h13-14H,1-12H2;. The fourth-order valence-electron chi connectivity index (χ4n) is 3.56. The van der Waals surface area contributed by atoms with Gasteiger partial charge in [-0.1, -0.05) is 77.0 Å². The summed E-state index contributed by atoms with van der Waals surface area (Å²) in [5.41, 5.74) is 0. The smallest absolute Gasteiger partial charge is 0 e. The molecule has 0 nitrogen and oxygen atoms in total. The SMILES string of the molecule is C1CCCC(C2CCCCCC2)CC1.[Sn]. The summed E-state index contributed by atoms with van der Waals surface area (Å²) >= 11 is 0. The van der Waals surface area contributed by atoms with Crippen LogP contribution in [0.1, 0.15) is 77.0 Å². The van der Waals surface area contributed by atoms with Crippen molar-refractivity contribution < 1.29 is 0 Å². The zero-order chi connectivity index (χ0) is 9.64. The van der Waals surface area contributed by atoms with E-state index in [1.807, 2.05) is 0 Å². The third kappa shape index (κ3) is 4.66. The predicted molar refractivity (Wildman–Crippen MR) is 68.1 cm³/mol. The summed E-state index contributed by atoms with van der Waals surface area (Å²) in [6.07, 6.45) is 18.4. The summed E-state index contributed by atoms with van der Waals surface area (Å²) in [5, 5.41) is 0. The average molecular weight is 313 g/mol. The minimum Gasteiger partial charge on any atom is -0.0533 e. The summed E-state index contributed by atoms with van der Waals surface area (Å²) in [6, 6.07) is 0. The van der Waals surface area contributed by atoms with Crippen molar-refractivity contribution in [3.8, 4) is 0 Å². The van der Waals surface area contributed by atoms with Gasteiger partial charge in [-0.15, -0.1) is 0 Å². The summed E-state index contributed by atoms with van der Waals surface area (Å²) in [5.74, 6) is 2.24. The third-order valence-corrected chi connectivity index (χ3v) is 4.47. The van der Waals surface area contributed by atoms with Gasteiger partial charge in [-0.05, 0) is 11.8 Å². The second-order valence-corrected chi connectivity index (χ2v) is 5.50. The second-order valence-electron chi connectivity index (χ2n) is 5.50. The molecule has 2 rings (SSSR count). The molecule has 4 radical (unpaired) electrons. The van der Waals surface area contributed by atoms with Crippen molar-refractivity contribution in [2.45, 2.75) is 77.0 Å². The number of rotatable bonds is 1. The topological polar surface area (TPSA) is 0 Å². The summed E-state index contributed by atoms with van der Waals surface area (Å²) in [7, 11) is 0. The molecule has 0 aromatic rings. The molecule has 15 heavy (non-hydrogen) atoms. The molecule has 0 saturated heterocycles. The molecule has 2 aliphatic rings. The van der Waals surface area contributed by atoms with Gasteiger partial charge in [0.15, 0.2) is 0 Å². The first-order chi connectivity index (χ1) is 6.97. The predicted octanol–water partition coefficient (Wildman–Crippen LogP) is 4.55. The Hall–Kier alpha value is 0.799. The van der Waals surface area contributed by atoms with Crippen LogP contribution in [0.2, 0.25) is 0 Å². The first-order valence-corrected chi connectivity index (χ1v) is 6.97. The van der Waals surface area contributed by atoms with E-state index in [2.05, 4.69) is 0 Å². The molecule has 86 valence electrons. The maximum absolute atomic E-state index is 1.56. The van der Waals surface area contributed by atoms with Gasteiger partial charge in [-0.3, -0.25) is 0 Å². The average Bonchev–Trinajstić information content (AvgIpc) is 2.62. The summed E-state index contributed by atoms with van der Waals surface area (Å²) < 4.78 is 0. The Kier molecular flexibility index (Phi) is 7.37. The van der Waals surface area contributed by atoms with E-state index in [0.717, 1.165) is 11.8 Å². The van der Waals surface area contributed by atoms with Crippen molar-refractivity contribution >= 4 is 23.9 Å². The van der Waals surface area contributed by atoms with Crippen LogP contribution >= 0.6 is 0 Å². The van der Waals surface area contributed by atoms with Crippen LogP contribution < -0.4 is 0 Å². The molecular formula is C14H26Sn. The maximum atomic E-state index is 1.56. The minimum atomic E-state index is 0. The zero-order valence-electron chi connectivity index (χ0n) is 10.1. The largest absolute Gasteiger partial charge is 0.0533 e. The van der Waals surface area contributed by atoms with Crippen LogP contribution in [-0.4, -0.2) is 23.9 Å². The Bertz CT molecular complexity index is 121. The molecule has 0 spiro atoms. The van der Waals surface area contributed by atoms with Crippen molar-refractivity contribution in [1.29, 1.82) is 0 Å². The van der Waals surface area contributed by atoms with Crippen LogP contribution in [0.15, 0.2) is 0 Å². The van der Waals surface area contributed by atoms with Gasteiger partial charge in [0.05, 0.1) is 0 Å². The Morgan fingerprint density at radius 2 is 0.667 bits per heavy atom. The van der Waals surface area contributed by atoms with E-state index in [4.69, 9.17) is 0 Å². The molecule has 0 N–H and O–H groups in total. The molecule has 0 heterocycles. The second kappa shape index (κ2) is 7.97. The Morgan fingerprint density at radius 1 is 0.400 bits per heavy atom. The van der Waals surface area contributed by atoms with E-state index in [-0.39, 0.29) is 23.9 Å². The van der Waals surface area contributed by atoms with Gasteiger partial charge >= 0.3 is 0 Å². The fraction of sp³-hybridized carbons (Fsp3) is 1.00. The first-order valence-electron chi connectivity index (χ1n) is 6.97. The number of hydrogen-bond acceptors (Lipinski definition) is 0. The van der Waals surface area contributed by atoms with Crippen molar-refractivity contribution in [1.82, 2.24) is 0 Å². The van der Waals surface area contributed by atoms with Crippen LogP contribution in [-0.2, 0) is 0 Å². The van der Waals surface area contributed by atoms with Crippen LogP contribution in [0.3, 0.4) is 0 Å².